The Labute approximate surface area is 129 Å². The zero-order chi connectivity index (χ0) is 16.2. The standard InChI is InChI=1S/C15H12FN5O2/c16-10-3-1-9(2-4-10)7-11-5-6-12(17-11)8-13(22)14(23)15-18-20-21-19-15/h1-6,17H,7-8H2,(H,18,19,20,21). The lowest BCUT2D eigenvalue weighted by atomic mass is 10.1. The summed E-state index contributed by atoms with van der Waals surface area (Å²) < 4.78 is 12.9. The number of tetrazole rings is 1. The van der Waals surface area contributed by atoms with Crippen LogP contribution in [0.2, 0.25) is 0 Å². The van der Waals surface area contributed by atoms with Crippen LogP contribution in [0.5, 0.6) is 0 Å². The number of benzene rings is 1. The maximum absolute atomic E-state index is 12.9. The van der Waals surface area contributed by atoms with Gasteiger partial charge in [-0.25, -0.2) is 4.39 Å². The Morgan fingerprint density at radius 1 is 1.04 bits per heavy atom. The van der Waals surface area contributed by atoms with Crippen molar-refractivity contribution in [3.05, 3.63) is 65.0 Å². The van der Waals surface area contributed by atoms with Gasteiger partial charge in [-0.2, -0.15) is 5.21 Å². The quantitative estimate of drug-likeness (QED) is 0.526. The third kappa shape index (κ3) is 3.54. The van der Waals surface area contributed by atoms with Crippen LogP contribution in [0.25, 0.3) is 0 Å². The molecule has 8 heteroatoms. The summed E-state index contributed by atoms with van der Waals surface area (Å²) in [6.07, 6.45) is 0.504. The maximum Gasteiger partial charge on any atom is 0.269 e. The van der Waals surface area contributed by atoms with E-state index < -0.39 is 11.6 Å². The normalized spacial score (nSPS) is 10.7. The fourth-order valence-electron chi connectivity index (χ4n) is 2.16. The molecule has 0 spiro atoms. The molecule has 116 valence electrons. The third-order valence-corrected chi connectivity index (χ3v) is 3.27. The van der Waals surface area contributed by atoms with E-state index in [0.717, 1.165) is 11.3 Å². The fraction of sp³-hybridized carbons (Fsp3) is 0.133. The second kappa shape index (κ2) is 6.30. The number of halogens is 1. The van der Waals surface area contributed by atoms with Gasteiger partial charge in [-0.05, 0) is 35.0 Å². The van der Waals surface area contributed by atoms with E-state index in [-0.39, 0.29) is 18.1 Å². The first-order valence-electron chi connectivity index (χ1n) is 6.84. The van der Waals surface area contributed by atoms with Crippen LogP contribution in [0, 0.1) is 5.82 Å². The summed E-state index contributed by atoms with van der Waals surface area (Å²) in [7, 11) is 0. The van der Waals surface area contributed by atoms with Crippen LogP contribution in [0.3, 0.4) is 0 Å². The molecule has 3 aromatic rings. The smallest absolute Gasteiger partial charge is 0.269 e. The first-order valence-corrected chi connectivity index (χ1v) is 6.84. The van der Waals surface area contributed by atoms with Gasteiger partial charge in [0.1, 0.15) is 5.82 Å². The maximum atomic E-state index is 12.9. The molecule has 0 saturated heterocycles. The minimum atomic E-state index is -0.784. The number of hydrogen-bond acceptors (Lipinski definition) is 5. The summed E-state index contributed by atoms with van der Waals surface area (Å²) in [5, 5.41) is 12.3. The van der Waals surface area contributed by atoms with E-state index in [4.69, 9.17) is 0 Å². The molecule has 0 bridgehead atoms. The number of Topliss-reactive ketones (excluding diaryl/α,β-unsaturated/α-hetero) is 2. The monoisotopic (exact) mass is 313 g/mol. The summed E-state index contributed by atoms with van der Waals surface area (Å²) in [5.41, 5.74) is 2.42. The number of hydrogen-bond donors (Lipinski definition) is 2. The van der Waals surface area contributed by atoms with E-state index in [1.807, 2.05) is 6.07 Å². The second-order valence-electron chi connectivity index (χ2n) is 4.98. The Bertz CT molecular complexity index is 824. The summed E-state index contributed by atoms with van der Waals surface area (Å²) in [6.45, 7) is 0. The van der Waals surface area contributed by atoms with Crippen molar-refractivity contribution in [2.24, 2.45) is 0 Å². The summed E-state index contributed by atoms with van der Waals surface area (Å²) in [6, 6.07) is 9.74. The van der Waals surface area contributed by atoms with Crippen LogP contribution in [0.1, 0.15) is 27.6 Å². The van der Waals surface area contributed by atoms with E-state index in [1.54, 1.807) is 18.2 Å². The number of nitrogens with zero attached hydrogens (tertiary/aromatic N) is 3. The molecule has 0 fully saturated rings. The van der Waals surface area contributed by atoms with Crippen LogP contribution in [-0.2, 0) is 17.6 Å². The Morgan fingerprint density at radius 3 is 2.48 bits per heavy atom. The Balaban J connectivity index is 1.64. The molecule has 0 aliphatic heterocycles. The van der Waals surface area contributed by atoms with Crippen molar-refractivity contribution < 1.29 is 14.0 Å². The molecule has 1 aromatic carbocycles. The Morgan fingerprint density at radius 2 is 1.78 bits per heavy atom. The SMILES string of the molecule is O=C(Cc1ccc(Cc2ccc(F)cc2)[nH]1)C(=O)c1nn[nH]n1. The summed E-state index contributed by atoms with van der Waals surface area (Å²) >= 11 is 0. The number of aromatic amines is 2. The van der Waals surface area contributed by atoms with Crippen LogP contribution in [0.15, 0.2) is 36.4 Å². The topological polar surface area (TPSA) is 104 Å². The highest BCUT2D eigenvalue weighted by atomic mass is 19.1. The van der Waals surface area contributed by atoms with Crippen molar-refractivity contribution in [1.29, 1.82) is 0 Å². The second-order valence-corrected chi connectivity index (χ2v) is 4.98. The van der Waals surface area contributed by atoms with E-state index >= 15 is 0 Å². The minimum absolute atomic E-state index is 0.0726. The number of ketones is 2. The average Bonchev–Trinajstić information content (AvgIpc) is 3.21. The van der Waals surface area contributed by atoms with Crippen LogP contribution >= 0.6 is 0 Å². The molecule has 3 rings (SSSR count). The molecular formula is C15H12FN5O2. The van der Waals surface area contributed by atoms with Gasteiger partial charge in [0.05, 0.1) is 6.42 Å². The first kappa shape index (κ1) is 14.8. The van der Waals surface area contributed by atoms with Gasteiger partial charge in [0.15, 0.2) is 0 Å². The van der Waals surface area contributed by atoms with Crippen molar-refractivity contribution in [3.8, 4) is 0 Å². The van der Waals surface area contributed by atoms with Gasteiger partial charge in [-0.1, -0.05) is 12.1 Å². The molecule has 0 aliphatic rings. The van der Waals surface area contributed by atoms with Gasteiger partial charge in [-0.3, -0.25) is 9.59 Å². The third-order valence-electron chi connectivity index (χ3n) is 3.27. The molecule has 23 heavy (non-hydrogen) atoms. The lowest BCUT2D eigenvalue weighted by molar-refractivity contribution is -0.114. The van der Waals surface area contributed by atoms with E-state index in [9.17, 15) is 14.0 Å². The lowest BCUT2D eigenvalue weighted by Gasteiger charge is -1.99. The summed E-state index contributed by atoms with van der Waals surface area (Å²) in [5.74, 6) is -1.94. The minimum Gasteiger partial charge on any atom is -0.362 e. The van der Waals surface area contributed by atoms with Crippen molar-refractivity contribution >= 4 is 11.6 Å². The number of rotatable bonds is 6. The fourth-order valence-corrected chi connectivity index (χ4v) is 2.16. The Hall–Kier alpha value is -3.16. The molecule has 0 unspecified atom stereocenters. The molecule has 2 heterocycles. The molecule has 0 radical (unpaired) electrons. The van der Waals surface area contributed by atoms with Crippen molar-refractivity contribution in [1.82, 2.24) is 25.6 Å². The van der Waals surface area contributed by atoms with Crippen LogP contribution in [-0.4, -0.2) is 37.2 Å². The van der Waals surface area contributed by atoms with E-state index in [2.05, 4.69) is 25.6 Å². The molecule has 2 N–H and O–H groups in total. The number of H-pyrrole nitrogens is 2. The number of nitrogens with one attached hydrogen (secondary N) is 2. The highest BCUT2D eigenvalue weighted by molar-refractivity contribution is 6.42. The largest absolute Gasteiger partial charge is 0.362 e. The van der Waals surface area contributed by atoms with Crippen molar-refractivity contribution in [2.75, 3.05) is 0 Å². The van der Waals surface area contributed by atoms with E-state index in [0.29, 0.717) is 12.1 Å². The van der Waals surface area contributed by atoms with Gasteiger partial charge < -0.3 is 4.98 Å². The number of aromatic nitrogens is 5. The van der Waals surface area contributed by atoms with E-state index in [1.165, 1.54) is 12.1 Å². The predicted octanol–water partition coefficient (Wildman–Crippen LogP) is 1.25. The average molecular weight is 313 g/mol. The number of carbonyl (C=O) groups is 2. The van der Waals surface area contributed by atoms with Crippen molar-refractivity contribution in [2.45, 2.75) is 12.8 Å². The van der Waals surface area contributed by atoms with Gasteiger partial charge in [0.25, 0.3) is 5.78 Å². The predicted molar refractivity (Wildman–Crippen MR) is 77.2 cm³/mol. The summed E-state index contributed by atoms with van der Waals surface area (Å²) in [4.78, 5) is 26.7. The molecule has 2 aromatic heterocycles. The van der Waals surface area contributed by atoms with Gasteiger partial charge >= 0.3 is 0 Å². The van der Waals surface area contributed by atoms with Crippen molar-refractivity contribution in [3.63, 3.8) is 0 Å². The molecule has 0 amide bonds. The van der Waals surface area contributed by atoms with Crippen LogP contribution in [0.4, 0.5) is 4.39 Å². The lowest BCUT2D eigenvalue weighted by Crippen LogP contribution is -2.18. The van der Waals surface area contributed by atoms with Gasteiger partial charge in [0, 0.05) is 17.8 Å². The van der Waals surface area contributed by atoms with Gasteiger partial charge in [0.2, 0.25) is 11.6 Å². The first-order chi connectivity index (χ1) is 11.1. The molecule has 0 atom stereocenters. The zero-order valence-corrected chi connectivity index (χ0v) is 11.9. The van der Waals surface area contributed by atoms with Gasteiger partial charge in [-0.15, -0.1) is 10.2 Å². The highest BCUT2D eigenvalue weighted by Gasteiger charge is 2.21. The molecule has 7 nitrogen and oxygen atoms in total. The molecule has 0 saturated carbocycles. The zero-order valence-electron chi connectivity index (χ0n) is 11.9. The molecular weight excluding hydrogens is 301 g/mol. The number of carbonyl (C=O) groups excluding carboxylic acids is 2. The molecule has 0 aliphatic carbocycles. The Kier molecular flexibility index (Phi) is 4.05. The van der Waals surface area contributed by atoms with Crippen LogP contribution < -0.4 is 0 Å². The highest BCUT2D eigenvalue weighted by Crippen LogP contribution is 2.11.